The number of hydrogen-bond donors (Lipinski definition) is 1. The zero-order chi connectivity index (χ0) is 18.6. The van der Waals surface area contributed by atoms with Crippen molar-refractivity contribution in [2.24, 2.45) is 0 Å². The van der Waals surface area contributed by atoms with Gasteiger partial charge in [-0.05, 0) is 38.0 Å². The van der Waals surface area contributed by atoms with E-state index in [1.807, 2.05) is 18.2 Å². The van der Waals surface area contributed by atoms with E-state index in [-0.39, 0.29) is 17.6 Å². The van der Waals surface area contributed by atoms with Crippen LogP contribution in [0.5, 0.6) is 5.75 Å². The number of fused-ring (bicyclic) bond motifs is 1. The first kappa shape index (κ1) is 18.8. The van der Waals surface area contributed by atoms with Gasteiger partial charge in [-0.25, -0.2) is 0 Å². The summed E-state index contributed by atoms with van der Waals surface area (Å²) in [6.07, 6.45) is 2.68. The number of rotatable bonds is 6. The molecular weight excluding hydrogens is 342 g/mol. The Labute approximate surface area is 160 Å². The Hall–Kier alpha value is -1.94. The second kappa shape index (κ2) is 8.17. The molecule has 138 valence electrons. The number of para-hydroxylation sites is 1. The predicted molar refractivity (Wildman–Crippen MR) is 108 cm³/mol. The summed E-state index contributed by atoms with van der Waals surface area (Å²) < 4.78 is 6.31. The Morgan fingerprint density at radius 1 is 1.15 bits per heavy atom. The molecule has 1 unspecified atom stereocenters. The smallest absolute Gasteiger partial charge is 0.230 e. The molecule has 4 heteroatoms. The van der Waals surface area contributed by atoms with Crippen LogP contribution in [0, 0.1) is 6.92 Å². The maximum Gasteiger partial charge on any atom is 0.230 e. The SMILES string of the molecule is CCC1(CC)CC(NC(=O)CSc2ccc(C)cc2)c2ccccc2O1. The third kappa shape index (κ3) is 4.24. The highest BCUT2D eigenvalue weighted by Gasteiger charge is 2.38. The molecule has 0 saturated heterocycles. The summed E-state index contributed by atoms with van der Waals surface area (Å²) in [7, 11) is 0. The van der Waals surface area contributed by atoms with E-state index >= 15 is 0 Å². The number of ether oxygens (including phenoxy) is 1. The molecule has 1 N–H and O–H groups in total. The molecular formula is C22H27NO2S. The van der Waals surface area contributed by atoms with Crippen molar-refractivity contribution < 1.29 is 9.53 Å². The molecule has 1 amide bonds. The first-order valence-electron chi connectivity index (χ1n) is 9.32. The minimum atomic E-state index is -0.198. The molecule has 2 aromatic rings. The Balaban J connectivity index is 1.69. The standard InChI is InChI=1S/C22H27NO2S/c1-4-22(5-2)14-19(18-8-6-7-9-20(18)25-22)23-21(24)15-26-17-12-10-16(3)11-13-17/h6-13,19H,4-5,14-15H2,1-3H3,(H,23,24). The molecule has 0 spiro atoms. The molecule has 3 rings (SSSR count). The normalized spacial score (nSPS) is 17.9. The van der Waals surface area contributed by atoms with Crippen molar-refractivity contribution in [1.82, 2.24) is 5.32 Å². The lowest BCUT2D eigenvalue weighted by Crippen LogP contribution is -2.44. The number of aryl methyl sites for hydroxylation is 1. The van der Waals surface area contributed by atoms with E-state index in [0.29, 0.717) is 5.75 Å². The fourth-order valence-electron chi connectivity index (χ4n) is 3.45. The van der Waals surface area contributed by atoms with Crippen LogP contribution in [-0.2, 0) is 4.79 Å². The highest BCUT2D eigenvalue weighted by molar-refractivity contribution is 8.00. The van der Waals surface area contributed by atoms with E-state index in [4.69, 9.17) is 4.74 Å². The quantitative estimate of drug-likeness (QED) is 0.704. The van der Waals surface area contributed by atoms with Crippen LogP contribution in [0.25, 0.3) is 0 Å². The maximum absolute atomic E-state index is 12.6. The van der Waals surface area contributed by atoms with E-state index in [2.05, 4.69) is 56.4 Å². The van der Waals surface area contributed by atoms with Crippen LogP contribution in [0.1, 0.15) is 50.3 Å². The highest BCUT2D eigenvalue weighted by atomic mass is 32.2. The zero-order valence-corrected chi connectivity index (χ0v) is 16.6. The van der Waals surface area contributed by atoms with Crippen LogP contribution in [-0.4, -0.2) is 17.3 Å². The van der Waals surface area contributed by atoms with Gasteiger partial charge in [0.15, 0.2) is 0 Å². The summed E-state index contributed by atoms with van der Waals surface area (Å²) in [5, 5.41) is 3.24. The first-order chi connectivity index (χ1) is 12.5. The van der Waals surface area contributed by atoms with Gasteiger partial charge in [0.05, 0.1) is 11.8 Å². The Bertz CT molecular complexity index is 753. The van der Waals surface area contributed by atoms with E-state index in [1.54, 1.807) is 11.8 Å². The zero-order valence-electron chi connectivity index (χ0n) is 15.7. The van der Waals surface area contributed by atoms with E-state index in [9.17, 15) is 4.79 Å². The van der Waals surface area contributed by atoms with Crippen LogP contribution >= 0.6 is 11.8 Å². The molecule has 1 atom stereocenters. The molecule has 0 fully saturated rings. The molecule has 26 heavy (non-hydrogen) atoms. The lowest BCUT2D eigenvalue weighted by molar-refractivity contribution is -0.120. The van der Waals surface area contributed by atoms with Crippen molar-refractivity contribution >= 4 is 17.7 Å². The fraction of sp³-hybridized carbons (Fsp3) is 0.409. The molecule has 0 radical (unpaired) electrons. The summed E-state index contributed by atoms with van der Waals surface area (Å²) in [6.45, 7) is 6.38. The maximum atomic E-state index is 12.6. The van der Waals surface area contributed by atoms with Gasteiger partial charge in [-0.1, -0.05) is 49.7 Å². The van der Waals surface area contributed by atoms with Crippen LogP contribution in [0.15, 0.2) is 53.4 Å². The van der Waals surface area contributed by atoms with Gasteiger partial charge in [0.2, 0.25) is 5.91 Å². The second-order valence-corrected chi connectivity index (χ2v) is 8.00. The summed E-state index contributed by atoms with van der Waals surface area (Å²) >= 11 is 1.58. The Kier molecular flexibility index (Phi) is 5.92. The third-order valence-corrected chi connectivity index (χ3v) is 6.22. The predicted octanol–water partition coefficient (Wildman–Crippen LogP) is 5.29. The number of hydrogen-bond acceptors (Lipinski definition) is 3. The molecule has 0 aliphatic carbocycles. The number of benzene rings is 2. The van der Waals surface area contributed by atoms with Crippen molar-refractivity contribution in [3.8, 4) is 5.75 Å². The largest absolute Gasteiger partial charge is 0.487 e. The Morgan fingerprint density at radius 2 is 1.85 bits per heavy atom. The van der Waals surface area contributed by atoms with Crippen molar-refractivity contribution in [3.05, 3.63) is 59.7 Å². The van der Waals surface area contributed by atoms with Gasteiger partial charge in [0.25, 0.3) is 0 Å². The minimum Gasteiger partial charge on any atom is -0.487 e. The minimum absolute atomic E-state index is 0.00553. The van der Waals surface area contributed by atoms with Crippen LogP contribution in [0.3, 0.4) is 0 Å². The van der Waals surface area contributed by atoms with Crippen LogP contribution < -0.4 is 10.1 Å². The van der Waals surface area contributed by atoms with E-state index in [0.717, 1.165) is 35.5 Å². The van der Waals surface area contributed by atoms with Crippen molar-refractivity contribution in [1.29, 1.82) is 0 Å². The van der Waals surface area contributed by atoms with E-state index < -0.39 is 0 Å². The molecule has 2 aromatic carbocycles. The average molecular weight is 370 g/mol. The van der Waals surface area contributed by atoms with Gasteiger partial charge in [-0.3, -0.25) is 4.79 Å². The summed E-state index contributed by atoms with van der Waals surface area (Å²) in [5.74, 6) is 1.39. The Morgan fingerprint density at radius 3 is 2.54 bits per heavy atom. The molecule has 0 bridgehead atoms. The number of carbonyl (C=O) groups excluding carboxylic acids is 1. The van der Waals surface area contributed by atoms with Gasteiger partial charge in [-0.15, -0.1) is 11.8 Å². The molecule has 0 aromatic heterocycles. The lowest BCUT2D eigenvalue weighted by Gasteiger charge is -2.41. The number of nitrogens with one attached hydrogen (secondary N) is 1. The number of thioether (sulfide) groups is 1. The van der Waals surface area contributed by atoms with Crippen molar-refractivity contribution in [2.45, 2.75) is 56.6 Å². The van der Waals surface area contributed by atoms with Gasteiger partial charge < -0.3 is 10.1 Å². The first-order valence-corrected chi connectivity index (χ1v) is 10.3. The monoisotopic (exact) mass is 369 g/mol. The summed E-state index contributed by atoms with van der Waals surface area (Å²) in [4.78, 5) is 13.7. The highest BCUT2D eigenvalue weighted by Crippen LogP contribution is 2.42. The molecule has 1 heterocycles. The van der Waals surface area contributed by atoms with Gasteiger partial charge >= 0.3 is 0 Å². The van der Waals surface area contributed by atoms with Crippen molar-refractivity contribution in [3.63, 3.8) is 0 Å². The second-order valence-electron chi connectivity index (χ2n) is 6.96. The van der Waals surface area contributed by atoms with Crippen molar-refractivity contribution in [2.75, 3.05) is 5.75 Å². The number of carbonyl (C=O) groups is 1. The van der Waals surface area contributed by atoms with Crippen LogP contribution in [0.4, 0.5) is 0 Å². The van der Waals surface area contributed by atoms with Crippen LogP contribution in [0.2, 0.25) is 0 Å². The topological polar surface area (TPSA) is 38.3 Å². The van der Waals surface area contributed by atoms with Gasteiger partial charge in [0, 0.05) is 16.9 Å². The van der Waals surface area contributed by atoms with Gasteiger partial charge in [0.1, 0.15) is 11.4 Å². The number of amides is 1. The molecule has 3 nitrogen and oxygen atoms in total. The molecule has 0 saturated carbocycles. The lowest BCUT2D eigenvalue weighted by atomic mass is 9.83. The van der Waals surface area contributed by atoms with Gasteiger partial charge in [-0.2, -0.15) is 0 Å². The molecule has 1 aliphatic heterocycles. The van der Waals surface area contributed by atoms with E-state index in [1.165, 1.54) is 5.56 Å². The fourth-order valence-corrected chi connectivity index (χ4v) is 4.16. The molecule has 1 aliphatic rings. The third-order valence-electron chi connectivity index (χ3n) is 5.21. The summed E-state index contributed by atoms with van der Waals surface area (Å²) in [6, 6.07) is 16.4. The summed E-state index contributed by atoms with van der Waals surface area (Å²) in [5.41, 5.74) is 2.11. The average Bonchev–Trinajstić information content (AvgIpc) is 2.67.